The van der Waals surface area contributed by atoms with Crippen LogP contribution in [0.5, 0.6) is 0 Å². The van der Waals surface area contributed by atoms with Crippen LogP contribution in [0.2, 0.25) is 0 Å². The van der Waals surface area contributed by atoms with Crippen molar-refractivity contribution in [1.29, 1.82) is 0 Å². The zero-order chi connectivity index (χ0) is 19.5. The number of aliphatic hydroxyl groups is 1. The Hall–Kier alpha value is -2.52. The van der Waals surface area contributed by atoms with Gasteiger partial charge in [-0.2, -0.15) is 0 Å². The molecule has 0 aliphatic carbocycles. The topological polar surface area (TPSA) is 110 Å². The maximum Gasteiger partial charge on any atom is 0.290 e. The number of rotatable bonds is 7. The highest BCUT2D eigenvalue weighted by atomic mass is 32.2. The Kier molecular flexibility index (Phi) is 5.94. The van der Waals surface area contributed by atoms with Crippen molar-refractivity contribution in [2.45, 2.75) is 30.4 Å². The van der Waals surface area contributed by atoms with Crippen LogP contribution >= 0.6 is 0 Å². The second kappa shape index (κ2) is 7.79. The number of nitrogens with zero attached hydrogens (tertiary/aromatic N) is 1. The fourth-order valence-corrected chi connectivity index (χ4v) is 3.44. The molecule has 0 heterocycles. The van der Waals surface area contributed by atoms with E-state index in [4.69, 9.17) is 0 Å². The molecule has 0 saturated carbocycles. The molecule has 9 heteroatoms. The van der Waals surface area contributed by atoms with E-state index in [0.29, 0.717) is 6.42 Å². The van der Waals surface area contributed by atoms with Crippen LogP contribution in [0, 0.1) is 15.9 Å². The second-order valence-electron chi connectivity index (χ2n) is 5.84. The molecule has 7 nitrogen and oxygen atoms in total. The van der Waals surface area contributed by atoms with Gasteiger partial charge in [0.25, 0.3) is 5.69 Å². The van der Waals surface area contributed by atoms with Crippen molar-refractivity contribution in [3.05, 3.63) is 64.0 Å². The van der Waals surface area contributed by atoms with Gasteiger partial charge >= 0.3 is 0 Å². The van der Waals surface area contributed by atoms with Gasteiger partial charge in [-0.15, -0.1) is 0 Å². The fourth-order valence-electron chi connectivity index (χ4n) is 2.61. The van der Waals surface area contributed by atoms with Crippen LogP contribution in [-0.4, -0.2) is 30.7 Å². The van der Waals surface area contributed by atoms with E-state index in [0.717, 1.165) is 18.4 Å². The number of aliphatic hydroxyl groups excluding tert-OH is 1. The highest BCUT2D eigenvalue weighted by molar-refractivity contribution is 7.90. The van der Waals surface area contributed by atoms with E-state index >= 15 is 0 Å². The Labute approximate surface area is 150 Å². The minimum absolute atomic E-state index is 0.106. The molecule has 140 valence electrons. The van der Waals surface area contributed by atoms with Gasteiger partial charge in [0.1, 0.15) is 16.8 Å². The van der Waals surface area contributed by atoms with E-state index in [2.05, 4.69) is 5.32 Å². The third kappa shape index (κ3) is 4.36. The van der Waals surface area contributed by atoms with Crippen LogP contribution in [0.25, 0.3) is 0 Å². The van der Waals surface area contributed by atoms with Crippen LogP contribution in [-0.2, 0) is 9.84 Å². The van der Waals surface area contributed by atoms with E-state index in [1.165, 1.54) is 24.3 Å². The summed E-state index contributed by atoms with van der Waals surface area (Å²) < 4.78 is 37.2. The first kappa shape index (κ1) is 19.8. The highest BCUT2D eigenvalue weighted by Crippen LogP contribution is 2.30. The number of hydrogen-bond donors (Lipinski definition) is 2. The standard InChI is InChI=1S/C17H19FN2O5S/c1-3-14(17(21)12-6-4-5-7-13(12)18)19-11-8-9-16(26(2,24)25)15(10-11)20(22)23/h4-10,14,17,19,21H,3H2,1-2H3/t14-,17-/m1/s1. The Morgan fingerprint density at radius 2 is 1.92 bits per heavy atom. The molecule has 0 saturated heterocycles. The number of nitro benzene ring substituents is 1. The maximum absolute atomic E-state index is 13.9. The Bertz CT molecular complexity index is 917. The predicted octanol–water partition coefficient (Wildman–Crippen LogP) is 3.06. The van der Waals surface area contributed by atoms with Crippen molar-refractivity contribution >= 4 is 21.2 Å². The molecular weight excluding hydrogens is 363 g/mol. The zero-order valence-corrected chi connectivity index (χ0v) is 15.0. The summed E-state index contributed by atoms with van der Waals surface area (Å²) in [5, 5.41) is 24.6. The maximum atomic E-state index is 13.9. The molecule has 2 rings (SSSR count). The van der Waals surface area contributed by atoms with Crippen LogP contribution in [0.1, 0.15) is 25.0 Å². The third-order valence-corrected chi connectivity index (χ3v) is 5.10. The Morgan fingerprint density at radius 3 is 2.46 bits per heavy atom. The van der Waals surface area contributed by atoms with E-state index < -0.39 is 43.3 Å². The molecule has 0 aromatic heterocycles. The van der Waals surface area contributed by atoms with E-state index in [9.17, 15) is 28.0 Å². The monoisotopic (exact) mass is 382 g/mol. The van der Waals surface area contributed by atoms with Gasteiger partial charge in [-0.1, -0.05) is 25.1 Å². The lowest BCUT2D eigenvalue weighted by atomic mass is 9.99. The summed E-state index contributed by atoms with van der Waals surface area (Å²) in [6.07, 6.45) is 0.103. The first-order valence-electron chi connectivity index (χ1n) is 7.82. The molecule has 0 amide bonds. The molecule has 2 N–H and O–H groups in total. The molecule has 0 bridgehead atoms. The van der Waals surface area contributed by atoms with Gasteiger partial charge in [-0.3, -0.25) is 10.1 Å². The number of nitrogens with one attached hydrogen (secondary N) is 1. The average Bonchev–Trinajstić information content (AvgIpc) is 2.58. The summed E-state index contributed by atoms with van der Waals surface area (Å²) in [5.74, 6) is -0.557. The van der Waals surface area contributed by atoms with Gasteiger partial charge in [0.2, 0.25) is 0 Å². The first-order chi connectivity index (χ1) is 12.1. The minimum Gasteiger partial charge on any atom is -0.386 e. The van der Waals surface area contributed by atoms with Gasteiger partial charge in [0, 0.05) is 23.6 Å². The van der Waals surface area contributed by atoms with Crippen LogP contribution < -0.4 is 5.32 Å². The van der Waals surface area contributed by atoms with Crippen molar-refractivity contribution in [3.8, 4) is 0 Å². The van der Waals surface area contributed by atoms with Gasteiger partial charge in [0.05, 0.1) is 11.0 Å². The van der Waals surface area contributed by atoms with Crippen molar-refractivity contribution in [2.75, 3.05) is 11.6 Å². The molecule has 0 unspecified atom stereocenters. The summed E-state index contributed by atoms with van der Waals surface area (Å²) in [4.78, 5) is 10.0. The van der Waals surface area contributed by atoms with Gasteiger partial charge in [0.15, 0.2) is 9.84 Å². The number of hydrogen-bond acceptors (Lipinski definition) is 6. The largest absolute Gasteiger partial charge is 0.386 e. The normalized spacial score (nSPS) is 13.8. The number of anilines is 1. The molecule has 0 spiro atoms. The van der Waals surface area contributed by atoms with Crippen molar-refractivity contribution in [1.82, 2.24) is 0 Å². The quantitative estimate of drug-likeness (QED) is 0.563. The number of sulfone groups is 1. The van der Waals surface area contributed by atoms with Crippen LogP contribution in [0.3, 0.4) is 0 Å². The van der Waals surface area contributed by atoms with Crippen molar-refractivity contribution in [2.24, 2.45) is 0 Å². The smallest absolute Gasteiger partial charge is 0.290 e. The second-order valence-corrected chi connectivity index (χ2v) is 7.82. The molecule has 26 heavy (non-hydrogen) atoms. The van der Waals surface area contributed by atoms with Gasteiger partial charge < -0.3 is 10.4 Å². The summed E-state index contributed by atoms with van der Waals surface area (Å²) >= 11 is 0. The summed E-state index contributed by atoms with van der Waals surface area (Å²) in [6, 6.07) is 8.77. The lowest BCUT2D eigenvalue weighted by Crippen LogP contribution is -2.27. The highest BCUT2D eigenvalue weighted by Gasteiger charge is 2.25. The summed E-state index contributed by atoms with van der Waals surface area (Å²) in [7, 11) is -3.76. The van der Waals surface area contributed by atoms with Gasteiger partial charge in [-0.25, -0.2) is 12.8 Å². The first-order valence-corrected chi connectivity index (χ1v) is 9.71. The van der Waals surface area contributed by atoms with Crippen molar-refractivity contribution in [3.63, 3.8) is 0 Å². The van der Waals surface area contributed by atoms with Crippen LogP contribution in [0.4, 0.5) is 15.8 Å². The minimum atomic E-state index is -3.76. The van der Waals surface area contributed by atoms with E-state index in [1.807, 2.05) is 0 Å². The lowest BCUT2D eigenvalue weighted by Gasteiger charge is -2.24. The Balaban J connectivity index is 2.35. The zero-order valence-electron chi connectivity index (χ0n) is 14.2. The molecule has 0 fully saturated rings. The predicted molar refractivity (Wildman–Crippen MR) is 95.3 cm³/mol. The SMILES string of the molecule is CC[C@@H](Nc1ccc(S(C)(=O)=O)c([N+](=O)[O-])c1)[C@H](O)c1ccccc1F. The fraction of sp³-hybridized carbons (Fsp3) is 0.294. The van der Waals surface area contributed by atoms with Crippen LogP contribution in [0.15, 0.2) is 47.4 Å². The number of halogens is 1. The number of nitro groups is 1. The van der Waals surface area contributed by atoms with E-state index in [-0.39, 0.29) is 11.3 Å². The molecule has 0 aliphatic rings. The molecule has 2 aromatic carbocycles. The molecule has 2 aromatic rings. The summed E-state index contributed by atoms with van der Waals surface area (Å²) in [6.45, 7) is 1.76. The summed E-state index contributed by atoms with van der Waals surface area (Å²) in [5.41, 5.74) is -0.201. The van der Waals surface area contributed by atoms with Crippen molar-refractivity contribution < 1.29 is 22.8 Å². The molecular formula is C17H19FN2O5S. The van der Waals surface area contributed by atoms with Gasteiger partial charge in [-0.05, 0) is 24.6 Å². The average molecular weight is 382 g/mol. The third-order valence-electron chi connectivity index (χ3n) is 3.95. The van der Waals surface area contributed by atoms with E-state index in [1.54, 1.807) is 13.0 Å². The number of benzene rings is 2. The molecule has 0 aliphatic heterocycles. The Morgan fingerprint density at radius 1 is 1.27 bits per heavy atom. The molecule has 2 atom stereocenters. The molecule has 0 radical (unpaired) electrons. The lowest BCUT2D eigenvalue weighted by molar-refractivity contribution is -0.387.